The zero-order valence-corrected chi connectivity index (χ0v) is 14.0. The third kappa shape index (κ3) is 1.90. The number of rotatable bonds is 2. The smallest absolute Gasteiger partial charge is 0.223 e. The van der Waals surface area contributed by atoms with E-state index in [0.717, 1.165) is 31.6 Å². The van der Waals surface area contributed by atoms with Gasteiger partial charge in [-0.3, -0.25) is 4.79 Å². The molecule has 124 valence electrons. The highest BCUT2D eigenvalue weighted by atomic mass is 16.5. The van der Waals surface area contributed by atoms with Crippen LogP contribution in [-0.4, -0.2) is 31.0 Å². The van der Waals surface area contributed by atoms with Gasteiger partial charge >= 0.3 is 0 Å². The van der Waals surface area contributed by atoms with Gasteiger partial charge in [0.05, 0.1) is 12.6 Å². The third-order valence-corrected chi connectivity index (χ3v) is 6.55. The number of hydrogen-bond acceptors (Lipinski definition) is 3. The van der Waals surface area contributed by atoms with Crippen molar-refractivity contribution in [3.63, 3.8) is 0 Å². The highest BCUT2D eigenvalue weighted by Gasteiger charge is 2.62. The maximum absolute atomic E-state index is 12.7. The topological polar surface area (TPSA) is 55.6 Å². The number of nitrogens with two attached hydrogens (primary N) is 1. The number of methoxy groups -OCH3 is 1. The van der Waals surface area contributed by atoms with Crippen LogP contribution in [0.25, 0.3) is 0 Å². The van der Waals surface area contributed by atoms with Crippen LogP contribution in [0.3, 0.4) is 0 Å². The van der Waals surface area contributed by atoms with E-state index >= 15 is 0 Å². The lowest BCUT2D eigenvalue weighted by atomic mass is 9.76. The molecule has 4 nitrogen and oxygen atoms in total. The average Bonchev–Trinajstić information content (AvgIpc) is 2.89. The van der Waals surface area contributed by atoms with Crippen LogP contribution in [0.2, 0.25) is 0 Å². The molecule has 0 bridgehead atoms. The monoisotopic (exact) mass is 314 g/mol. The molecule has 2 N–H and O–H groups in total. The summed E-state index contributed by atoms with van der Waals surface area (Å²) in [4.78, 5) is 14.9. The van der Waals surface area contributed by atoms with E-state index in [1.54, 1.807) is 7.11 Å². The lowest BCUT2D eigenvalue weighted by molar-refractivity contribution is -0.131. The van der Waals surface area contributed by atoms with Gasteiger partial charge in [0.15, 0.2) is 0 Å². The Bertz CT molecular complexity index is 644. The minimum absolute atomic E-state index is 0.126. The van der Waals surface area contributed by atoms with Crippen LogP contribution in [0, 0.1) is 17.8 Å². The summed E-state index contributed by atoms with van der Waals surface area (Å²) in [6, 6.07) is 6.44. The van der Waals surface area contributed by atoms with Crippen LogP contribution in [0.5, 0.6) is 5.75 Å². The molecule has 4 heteroatoms. The van der Waals surface area contributed by atoms with Crippen LogP contribution in [-0.2, 0) is 16.8 Å². The molecule has 1 spiro atoms. The SMILES string of the molecule is COc1ccc2c(c1)CCCN1C(=O)CC3[C@H](CN)[C@@H](C)C[C@]231. The molecular weight excluding hydrogens is 288 g/mol. The summed E-state index contributed by atoms with van der Waals surface area (Å²) in [6.45, 7) is 3.86. The normalized spacial score (nSPS) is 35.5. The van der Waals surface area contributed by atoms with Crippen LogP contribution in [0.1, 0.15) is 37.3 Å². The van der Waals surface area contributed by atoms with Gasteiger partial charge in [0.1, 0.15) is 5.75 Å². The first-order valence-corrected chi connectivity index (χ1v) is 8.79. The van der Waals surface area contributed by atoms with E-state index in [4.69, 9.17) is 10.5 Å². The number of ether oxygens (including phenoxy) is 1. The van der Waals surface area contributed by atoms with Crippen molar-refractivity contribution >= 4 is 5.91 Å². The van der Waals surface area contributed by atoms with Crippen molar-refractivity contribution in [1.29, 1.82) is 0 Å². The van der Waals surface area contributed by atoms with Gasteiger partial charge in [-0.15, -0.1) is 0 Å². The van der Waals surface area contributed by atoms with Gasteiger partial charge in [0, 0.05) is 13.0 Å². The summed E-state index contributed by atoms with van der Waals surface area (Å²) in [5.41, 5.74) is 8.69. The molecule has 1 amide bonds. The first kappa shape index (κ1) is 15.0. The van der Waals surface area contributed by atoms with Crippen molar-refractivity contribution < 1.29 is 9.53 Å². The van der Waals surface area contributed by atoms with Crippen LogP contribution in [0.4, 0.5) is 0 Å². The van der Waals surface area contributed by atoms with E-state index in [2.05, 4.69) is 30.0 Å². The molecule has 1 saturated carbocycles. The lowest BCUT2D eigenvalue weighted by Gasteiger charge is -2.39. The highest BCUT2D eigenvalue weighted by molar-refractivity contribution is 5.81. The Morgan fingerprint density at radius 1 is 1.43 bits per heavy atom. The molecule has 4 rings (SSSR count). The van der Waals surface area contributed by atoms with Crippen LogP contribution >= 0.6 is 0 Å². The van der Waals surface area contributed by atoms with Gasteiger partial charge in [0.25, 0.3) is 0 Å². The Balaban J connectivity index is 1.90. The molecular formula is C19H26N2O2. The summed E-state index contributed by atoms with van der Waals surface area (Å²) >= 11 is 0. The minimum atomic E-state index is -0.126. The summed E-state index contributed by atoms with van der Waals surface area (Å²) in [5, 5.41) is 0. The molecule has 4 atom stereocenters. The number of amides is 1. The maximum Gasteiger partial charge on any atom is 0.223 e. The molecule has 2 aliphatic heterocycles. The van der Waals surface area contributed by atoms with Crippen molar-refractivity contribution in [3.05, 3.63) is 29.3 Å². The van der Waals surface area contributed by atoms with E-state index < -0.39 is 0 Å². The molecule has 2 fully saturated rings. The molecule has 2 heterocycles. The second-order valence-corrected chi connectivity index (χ2v) is 7.49. The second kappa shape index (κ2) is 5.23. The van der Waals surface area contributed by atoms with Gasteiger partial charge in [-0.05, 0) is 66.8 Å². The average molecular weight is 314 g/mol. The fourth-order valence-electron chi connectivity index (χ4n) is 5.63. The predicted octanol–water partition coefficient (Wildman–Crippen LogP) is 2.30. The van der Waals surface area contributed by atoms with E-state index in [0.29, 0.717) is 36.6 Å². The summed E-state index contributed by atoms with van der Waals surface area (Å²) in [6.07, 6.45) is 3.76. The van der Waals surface area contributed by atoms with E-state index in [1.807, 2.05) is 0 Å². The summed E-state index contributed by atoms with van der Waals surface area (Å²) in [7, 11) is 1.72. The zero-order chi connectivity index (χ0) is 16.2. The number of fused-ring (bicyclic) bond motifs is 1. The van der Waals surface area contributed by atoms with Crippen molar-refractivity contribution in [3.8, 4) is 5.75 Å². The third-order valence-electron chi connectivity index (χ3n) is 6.55. The van der Waals surface area contributed by atoms with Crippen LogP contribution in [0.15, 0.2) is 18.2 Å². The molecule has 1 saturated heterocycles. The van der Waals surface area contributed by atoms with Crippen molar-refractivity contribution in [2.45, 2.75) is 38.1 Å². The molecule has 3 aliphatic rings. The second-order valence-electron chi connectivity index (χ2n) is 7.49. The van der Waals surface area contributed by atoms with Crippen molar-refractivity contribution in [2.24, 2.45) is 23.5 Å². The van der Waals surface area contributed by atoms with E-state index in [1.165, 1.54) is 11.1 Å². The highest BCUT2D eigenvalue weighted by Crippen LogP contribution is 2.60. The fraction of sp³-hybridized carbons (Fsp3) is 0.632. The van der Waals surface area contributed by atoms with E-state index in [-0.39, 0.29) is 5.54 Å². The van der Waals surface area contributed by atoms with Crippen molar-refractivity contribution in [2.75, 3.05) is 20.2 Å². The lowest BCUT2D eigenvalue weighted by Crippen LogP contribution is -2.45. The summed E-state index contributed by atoms with van der Waals surface area (Å²) in [5.74, 6) is 2.60. The van der Waals surface area contributed by atoms with Gasteiger partial charge in [0.2, 0.25) is 5.91 Å². The number of hydrogen-bond donors (Lipinski definition) is 1. The number of aryl methyl sites for hydroxylation is 1. The molecule has 1 aliphatic carbocycles. The first-order chi connectivity index (χ1) is 11.1. The Morgan fingerprint density at radius 2 is 2.26 bits per heavy atom. The quantitative estimate of drug-likeness (QED) is 0.911. The largest absolute Gasteiger partial charge is 0.497 e. The summed E-state index contributed by atoms with van der Waals surface area (Å²) < 4.78 is 5.43. The fourth-order valence-corrected chi connectivity index (χ4v) is 5.63. The van der Waals surface area contributed by atoms with E-state index in [9.17, 15) is 4.79 Å². The standard InChI is InChI=1S/C19H26N2O2/c1-12-10-19-16-6-5-14(23-2)8-13(16)4-3-7-21(19)18(22)9-17(19)15(12)11-20/h5-6,8,12,15,17H,3-4,7,9-11,20H2,1-2H3/t12-,15+,17?,19-/m0/s1. The van der Waals surface area contributed by atoms with Gasteiger partial charge in [-0.1, -0.05) is 13.0 Å². The maximum atomic E-state index is 12.7. The van der Waals surface area contributed by atoms with Gasteiger partial charge in [-0.2, -0.15) is 0 Å². The van der Waals surface area contributed by atoms with Crippen LogP contribution < -0.4 is 10.5 Å². The zero-order valence-electron chi connectivity index (χ0n) is 14.0. The molecule has 1 aromatic rings. The molecule has 1 unspecified atom stereocenters. The Morgan fingerprint density at radius 3 is 3.00 bits per heavy atom. The number of carbonyl (C=O) groups is 1. The Labute approximate surface area is 138 Å². The van der Waals surface area contributed by atoms with Gasteiger partial charge < -0.3 is 15.4 Å². The minimum Gasteiger partial charge on any atom is -0.497 e. The first-order valence-electron chi connectivity index (χ1n) is 8.79. The molecule has 23 heavy (non-hydrogen) atoms. The number of nitrogens with zero attached hydrogens (tertiary/aromatic N) is 1. The Hall–Kier alpha value is -1.55. The Kier molecular flexibility index (Phi) is 3.41. The number of benzene rings is 1. The molecule has 0 aromatic heterocycles. The molecule has 0 radical (unpaired) electrons. The number of carbonyl (C=O) groups excluding carboxylic acids is 1. The van der Waals surface area contributed by atoms with Gasteiger partial charge in [-0.25, -0.2) is 0 Å². The predicted molar refractivity (Wildman–Crippen MR) is 89.1 cm³/mol. The molecule has 1 aromatic carbocycles. The van der Waals surface area contributed by atoms with Crippen molar-refractivity contribution in [1.82, 2.24) is 4.90 Å².